The molecule has 5 heteroatoms. The van der Waals surface area contributed by atoms with Crippen molar-refractivity contribution >= 4 is 5.91 Å². The Balaban J connectivity index is 3.03. The molecular weight excluding hydrogens is 220 g/mol. The Hall–Kier alpha value is -1.75. The molecule has 1 amide bonds. The van der Waals surface area contributed by atoms with Crippen molar-refractivity contribution in [2.75, 3.05) is 6.61 Å². The number of ether oxygens (including phenoxy) is 2. The fraction of sp³-hybridized carbons (Fsp3) is 0.417. The largest absolute Gasteiger partial charge is 0.490 e. The van der Waals surface area contributed by atoms with Gasteiger partial charge in [-0.3, -0.25) is 10.2 Å². The number of amides is 1. The van der Waals surface area contributed by atoms with Crippen LogP contribution in [0.15, 0.2) is 18.2 Å². The molecule has 3 N–H and O–H groups in total. The summed E-state index contributed by atoms with van der Waals surface area (Å²) in [5.74, 6) is 5.88. The average Bonchev–Trinajstić information content (AvgIpc) is 2.30. The highest BCUT2D eigenvalue weighted by Gasteiger charge is 2.11. The summed E-state index contributed by atoms with van der Waals surface area (Å²) in [5, 5.41) is 0. The number of hydrogen-bond donors (Lipinski definition) is 2. The number of carbonyl (C=O) groups excluding carboxylic acids is 1. The van der Waals surface area contributed by atoms with Crippen molar-refractivity contribution in [3.63, 3.8) is 0 Å². The summed E-state index contributed by atoms with van der Waals surface area (Å²) < 4.78 is 11.0. The molecule has 1 aromatic rings. The summed E-state index contributed by atoms with van der Waals surface area (Å²) in [6.07, 6.45) is 0.0448. The summed E-state index contributed by atoms with van der Waals surface area (Å²) >= 11 is 0. The van der Waals surface area contributed by atoms with Gasteiger partial charge in [0.05, 0.1) is 12.7 Å². The lowest BCUT2D eigenvalue weighted by molar-refractivity contribution is 0.0953. The van der Waals surface area contributed by atoms with E-state index < -0.39 is 0 Å². The van der Waals surface area contributed by atoms with Gasteiger partial charge in [0.15, 0.2) is 11.5 Å². The fourth-order valence-corrected chi connectivity index (χ4v) is 1.35. The number of rotatable bonds is 5. The van der Waals surface area contributed by atoms with E-state index in [0.717, 1.165) is 0 Å². The lowest BCUT2D eigenvalue weighted by atomic mass is 10.2. The maximum atomic E-state index is 11.4. The van der Waals surface area contributed by atoms with E-state index in [1.165, 1.54) is 0 Å². The van der Waals surface area contributed by atoms with E-state index in [1.807, 2.05) is 20.8 Å². The molecule has 94 valence electrons. The predicted octanol–water partition coefficient (Wildman–Crippen LogP) is 1.48. The molecule has 1 aromatic carbocycles. The normalized spacial score (nSPS) is 10.2. The van der Waals surface area contributed by atoms with Crippen molar-refractivity contribution < 1.29 is 14.3 Å². The Morgan fingerprint density at radius 1 is 1.41 bits per heavy atom. The van der Waals surface area contributed by atoms with E-state index in [9.17, 15) is 4.79 Å². The molecule has 0 aliphatic carbocycles. The van der Waals surface area contributed by atoms with Gasteiger partial charge in [0.1, 0.15) is 0 Å². The van der Waals surface area contributed by atoms with Gasteiger partial charge in [0.2, 0.25) is 0 Å². The molecule has 0 aliphatic rings. The van der Waals surface area contributed by atoms with Crippen LogP contribution in [0.4, 0.5) is 0 Å². The predicted molar refractivity (Wildman–Crippen MR) is 65.0 cm³/mol. The van der Waals surface area contributed by atoms with Crippen molar-refractivity contribution in [3.05, 3.63) is 23.8 Å². The summed E-state index contributed by atoms with van der Waals surface area (Å²) in [6.45, 7) is 6.23. The molecule has 1 rings (SSSR count). The first-order valence-electron chi connectivity index (χ1n) is 5.53. The van der Waals surface area contributed by atoms with Crippen molar-refractivity contribution in [2.24, 2.45) is 5.84 Å². The molecule has 0 aliphatic heterocycles. The Bertz CT molecular complexity index is 391. The van der Waals surface area contributed by atoms with Crippen LogP contribution in [0.1, 0.15) is 31.1 Å². The molecule has 0 atom stereocenters. The zero-order valence-corrected chi connectivity index (χ0v) is 10.3. The fourth-order valence-electron chi connectivity index (χ4n) is 1.35. The maximum absolute atomic E-state index is 11.4. The molecule has 0 saturated carbocycles. The molecule has 0 fully saturated rings. The zero-order valence-electron chi connectivity index (χ0n) is 10.3. The molecule has 0 heterocycles. The Morgan fingerprint density at radius 2 is 2.12 bits per heavy atom. The Labute approximate surface area is 101 Å². The van der Waals surface area contributed by atoms with Gasteiger partial charge >= 0.3 is 0 Å². The molecular formula is C12H18N2O3. The van der Waals surface area contributed by atoms with Gasteiger partial charge in [0.25, 0.3) is 5.91 Å². The van der Waals surface area contributed by atoms with Crippen LogP contribution >= 0.6 is 0 Å². The van der Waals surface area contributed by atoms with Gasteiger partial charge in [-0.05, 0) is 39.0 Å². The molecule has 17 heavy (non-hydrogen) atoms. The first-order valence-corrected chi connectivity index (χ1v) is 5.53. The molecule has 0 saturated heterocycles. The minimum atomic E-state index is -0.359. The van der Waals surface area contributed by atoms with E-state index in [0.29, 0.717) is 23.7 Å². The van der Waals surface area contributed by atoms with E-state index in [2.05, 4.69) is 5.43 Å². The maximum Gasteiger partial charge on any atom is 0.265 e. The third-order valence-electron chi connectivity index (χ3n) is 2.00. The van der Waals surface area contributed by atoms with E-state index >= 15 is 0 Å². The number of carbonyl (C=O) groups is 1. The highest BCUT2D eigenvalue weighted by molar-refractivity contribution is 5.94. The van der Waals surface area contributed by atoms with E-state index in [1.54, 1.807) is 18.2 Å². The quantitative estimate of drug-likeness (QED) is 0.463. The first-order chi connectivity index (χ1) is 8.08. The van der Waals surface area contributed by atoms with E-state index in [-0.39, 0.29) is 12.0 Å². The van der Waals surface area contributed by atoms with Gasteiger partial charge in [0, 0.05) is 5.56 Å². The number of nitrogens with two attached hydrogens (primary N) is 1. The van der Waals surface area contributed by atoms with Crippen LogP contribution in [-0.4, -0.2) is 18.6 Å². The molecule has 5 nitrogen and oxygen atoms in total. The second-order valence-corrected chi connectivity index (χ2v) is 3.73. The Kier molecular flexibility index (Phi) is 4.78. The topological polar surface area (TPSA) is 73.6 Å². The second kappa shape index (κ2) is 6.10. The average molecular weight is 238 g/mol. The summed E-state index contributed by atoms with van der Waals surface area (Å²) in [7, 11) is 0. The third kappa shape index (κ3) is 3.64. The van der Waals surface area contributed by atoms with Crippen molar-refractivity contribution in [1.82, 2.24) is 5.43 Å². The smallest absolute Gasteiger partial charge is 0.265 e. The lowest BCUT2D eigenvalue weighted by Gasteiger charge is -2.15. The standard InChI is InChI=1S/C12H18N2O3/c1-4-16-11-7-9(12(15)14-13)5-6-10(11)17-8(2)3/h5-8H,4,13H2,1-3H3,(H,14,15). The summed E-state index contributed by atoms with van der Waals surface area (Å²) in [5.41, 5.74) is 2.51. The third-order valence-corrected chi connectivity index (χ3v) is 2.00. The number of nitrogen functional groups attached to an aromatic ring is 1. The molecule has 0 radical (unpaired) electrons. The Morgan fingerprint density at radius 3 is 2.65 bits per heavy atom. The first kappa shape index (κ1) is 13.3. The van der Waals surface area contributed by atoms with Crippen LogP contribution in [0.3, 0.4) is 0 Å². The molecule has 0 bridgehead atoms. The van der Waals surface area contributed by atoms with Crippen LogP contribution in [-0.2, 0) is 0 Å². The highest BCUT2D eigenvalue weighted by Crippen LogP contribution is 2.29. The number of benzene rings is 1. The van der Waals surface area contributed by atoms with Gasteiger partial charge in [-0.15, -0.1) is 0 Å². The SMILES string of the molecule is CCOc1cc(C(=O)NN)ccc1OC(C)C. The second-order valence-electron chi connectivity index (χ2n) is 3.73. The number of hydrazine groups is 1. The van der Waals surface area contributed by atoms with Crippen LogP contribution in [0.25, 0.3) is 0 Å². The van der Waals surface area contributed by atoms with Crippen molar-refractivity contribution in [1.29, 1.82) is 0 Å². The zero-order chi connectivity index (χ0) is 12.8. The highest BCUT2D eigenvalue weighted by atomic mass is 16.5. The van der Waals surface area contributed by atoms with Gasteiger partial charge in [-0.25, -0.2) is 5.84 Å². The van der Waals surface area contributed by atoms with Crippen molar-refractivity contribution in [3.8, 4) is 11.5 Å². The van der Waals surface area contributed by atoms with Crippen LogP contribution in [0, 0.1) is 0 Å². The van der Waals surface area contributed by atoms with Crippen LogP contribution in [0.2, 0.25) is 0 Å². The van der Waals surface area contributed by atoms with Crippen molar-refractivity contribution in [2.45, 2.75) is 26.9 Å². The van der Waals surface area contributed by atoms with Crippen LogP contribution < -0.4 is 20.7 Å². The van der Waals surface area contributed by atoms with Gasteiger partial charge < -0.3 is 9.47 Å². The number of nitrogens with one attached hydrogen (secondary N) is 1. The molecule has 0 spiro atoms. The minimum absolute atomic E-state index is 0.0448. The lowest BCUT2D eigenvalue weighted by Crippen LogP contribution is -2.29. The number of hydrogen-bond acceptors (Lipinski definition) is 4. The summed E-state index contributed by atoms with van der Waals surface area (Å²) in [6, 6.07) is 4.96. The van der Waals surface area contributed by atoms with Gasteiger partial charge in [-0.1, -0.05) is 0 Å². The minimum Gasteiger partial charge on any atom is -0.490 e. The van der Waals surface area contributed by atoms with E-state index in [4.69, 9.17) is 15.3 Å². The van der Waals surface area contributed by atoms with Crippen LogP contribution in [0.5, 0.6) is 11.5 Å². The summed E-state index contributed by atoms with van der Waals surface area (Å²) in [4.78, 5) is 11.4. The molecule has 0 unspecified atom stereocenters. The van der Waals surface area contributed by atoms with Gasteiger partial charge in [-0.2, -0.15) is 0 Å². The monoisotopic (exact) mass is 238 g/mol. The molecule has 0 aromatic heterocycles.